The Morgan fingerprint density at radius 2 is 1.97 bits per heavy atom. The highest BCUT2D eigenvalue weighted by atomic mass is 32.1. The van der Waals surface area contributed by atoms with E-state index in [1.807, 2.05) is 69.0 Å². The molecule has 5 rings (SSSR count). The predicted octanol–water partition coefficient (Wildman–Crippen LogP) is 5.11. The average molecular weight is 504 g/mol. The third-order valence-corrected chi connectivity index (χ3v) is 7.48. The zero-order valence-electron chi connectivity index (χ0n) is 20.8. The molecule has 186 valence electrons. The third kappa shape index (κ3) is 4.39. The Morgan fingerprint density at radius 1 is 1.17 bits per heavy atom. The number of carbonyl (C=O) groups excluding carboxylic acids is 2. The van der Waals surface area contributed by atoms with E-state index in [9.17, 15) is 9.59 Å². The Hall–Kier alpha value is -3.59. The fraction of sp³-hybridized carbons (Fsp3) is 0.370. The van der Waals surface area contributed by atoms with Crippen molar-refractivity contribution in [2.45, 2.75) is 40.0 Å². The van der Waals surface area contributed by atoms with Crippen molar-refractivity contribution in [1.82, 2.24) is 20.1 Å². The molecule has 2 aliphatic rings. The molecule has 2 aromatic heterocycles. The average Bonchev–Trinajstić information content (AvgIpc) is 3.39. The molecular formula is C27H29N5O3S. The van der Waals surface area contributed by atoms with Crippen LogP contribution in [0.2, 0.25) is 0 Å². The summed E-state index contributed by atoms with van der Waals surface area (Å²) in [5.74, 6) is 0.935. The first kappa shape index (κ1) is 24.1. The van der Waals surface area contributed by atoms with Gasteiger partial charge in [0.25, 0.3) is 0 Å². The van der Waals surface area contributed by atoms with Crippen LogP contribution in [0, 0.1) is 11.3 Å². The van der Waals surface area contributed by atoms with Gasteiger partial charge in [0.1, 0.15) is 11.3 Å². The highest BCUT2D eigenvalue weighted by Crippen LogP contribution is 2.51. The van der Waals surface area contributed by atoms with Crippen LogP contribution in [0.4, 0.5) is 5.13 Å². The van der Waals surface area contributed by atoms with Crippen LogP contribution in [0.15, 0.2) is 48.0 Å². The van der Waals surface area contributed by atoms with Crippen molar-refractivity contribution >= 4 is 33.9 Å². The second-order valence-electron chi connectivity index (χ2n) is 10.0. The lowest BCUT2D eigenvalue weighted by Crippen LogP contribution is -2.38. The summed E-state index contributed by atoms with van der Waals surface area (Å²) in [5, 5.41) is 11.2. The van der Waals surface area contributed by atoms with Gasteiger partial charge in [-0.25, -0.2) is 4.98 Å². The Morgan fingerprint density at radius 3 is 2.67 bits per heavy atom. The number of nitrogens with zero attached hydrogens (tertiary/aromatic N) is 4. The molecule has 1 atom stereocenters. The van der Waals surface area contributed by atoms with Gasteiger partial charge < -0.3 is 15.0 Å². The van der Waals surface area contributed by atoms with Crippen molar-refractivity contribution in [3.8, 4) is 11.6 Å². The van der Waals surface area contributed by atoms with Crippen LogP contribution in [0.3, 0.4) is 0 Å². The summed E-state index contributed by atoms with van der Waals surface area (Å²) in [4.78, 5) is 32.6. The van der Waals surface area contributed by atoms with E-state index in [1.54, 1.807) is 5.51 Å². The van der Waals surface area contributed by atoms with E-state index in [0.29, 0.717) is 29.9 Å². The van der Waals surface area contributed by atoms with Gasteiger partial charge >= 0.3 is 0 Å². The summed E-state index contributed by atoms with van der Waals surface area (Å²) in [6.45, 7) is 8.96. The number of hydrogen-bond donors (Lipinski definition) is 1. The number of benzene rings is 1. The van der Waals surface area contributed by atoms with Gasteiger partial charge in [-0.15, -0.1) is 10.2 Å². The number of amides is 2. The zero-order valence-corrected chi connectivity index (χ0v) is 21.6. The molecule has 36 heavy (non-hydrogen) atoms. The van der Waals surface area contributed by atoms with Gasteiger partial charge in [-0.2, -0.15) is 0 Å². The van der Waals surface area contributed by atoms with Crippen LogP contribution < -0.4 is 10.1 Å². The lowest BCUT2D eigenvalue weighted by atomic mass is 9.69. The van der Waals surface area contributed by atoms with Crippen LogP contribution in [0.25, 0.3) is 5.57 Å². The van der Waals surface area contributed by atoms with Crippen LogP contribution in [-0.2, 0) is 9.59 Å². The van der Waals surface area contributed by atoms with Gasteiger partial charge in [-0.3, -0.25) is 9.59 Å². The monoisotopic (exact) mass is 503 g/mol. The maximum Gasteiger partial charge on any atom is 0.232 e. The van der Waals surface area contributed by atoms with Gasteiger partial charge in [0, 0.05) is 36.1 Å². The number of hydrogen-bond acceptors (Lipinski definition) is 7. The summed E-state index contributed by atoms with van der Waals surface area (Å²) >= 11 is 1.28. The molecule has 1 aromatic carbocycles. The fourth-order valence-electron chi connectivity index (χ4n) is 4.88. The number of pyridine rings is 1. The maximum absolute atomic E-state index is 13.4. The number of rotatable bonds is 5. The first-order chi connectivity index (χ1) is 17.3. The zero-order chi connectivity index (χ0) is 25.4. The summed E-state index contributed by atoms with van der Waals surface area (Å²) < 4.78 is 6.26. The highest BCUT2D eigenvalue weighted by Gasteiger charge is 2.44. The lowest BCUT2D eigenvalue weighted by Gasteiger charge is -2.37. The molecule has 1 N–H and O–H groups in total. The molecule has 0 fully saturated rings. The number of aromatic nitrogens is 3. The quantitative estimate of drug-likeness (QED) is 0.520. The summed E-state index contributed by atoms with van der Waals surface area (Å²) in [6.07, 6.45) is 2.81. The molecule has 4 heterocycles. The predicted molar refractivity (Wildman–Crippen MR) is 139 cm³/mol. The minimum absolute atomic E-state index is 0.0142. The maximum atomic E-state index is 13.4. The van der Waals surface area contributed by atoms with Gasteiger partial charge in [-0.05, 0) is 24.1 Å². The second-order valence-corrected chi connectivity index (χ2v) is 10.8. The summed E-state index contributed by atoms with van der Waals surface area (Å²) in [7, 11) is 0. The molecule has 0 spiro atoms. The molecule has 0 unspecified atom stereocenters. The first-order valence-electron chi connectivity index (χ1n) is 12.1. The van der Waals surface area contributed by atoms with E-state index >= 15 is 0 Å². The van der Waals surface area contributed by atoms with Gasteiger partial charge in [0.15, 0.2) is 0 Å². The number of ether oxygens (including phenoxy) is 1. The van der Waals surface area contributed by atoms with Crippen molar-refractivity contribution in [2.75, 3.05) is 18.4 Å². The van der Waals surface area contributed by atoms with Crippen molar-refractivity contribution in [3.05, 3.63) is 64.8 Å². The summed E-state index contributed by atoms with van der Waals surface area (Å²) in [6, 6.07) is 11.8. The number of carbonyl (C=O) groups is 2. The minimum atomic E-state index is -0.828. The molecule has 2 aliphatic heterocycles. The molecular weight excluding hydrogens is 474 g/mol. The highest BCUT2D eigenvalue weighted by molar-refractivity contribution is 7.13. The van der Waals surface area contributed by atoms with Crippen molar-refractivity contribution < 1.29 is 14.3 Å². The van der Waals surface area contributed by atoms with Crippen molar-refractivity contribution in [1.29, 1.82) is 0 Å². The van der Waals surface area contributed by atoms with E-state index in [0.717, 1.165) is 28.8 Å². The van der Waals surface area contributed by atoms with Crippen molar-refractivity contribution in [2.24, 2.45) is 11.3 Å². The molecule has 0 saturated carbocycles. The Balaban J connectivity index is 1.48. The molecule has 2 amide bonds. The molecule has 9 heteroatoms. The third-order valence-electron chi connectivity index (χ3n) is 6.87. The number of nitrogens with one attached hydrogen (secondary N) is 1. The van der Waals surface area contributed by atoms with E-state index in [1.165, 1.54) is 11.3 Å². The first-order valence-corrected chi connectivity index (χ1v) is 13.0. The molecule has 0 radical (unpaired) electrons. The molecule has 0 saturated heterocycles. The number of para-hydroxylation sites is 1. The fourth-order valence-corrected chi connectivity index (χ4v) is 5.32. The number of fused-ring (bicyclic) bond motifs is 2. The molecule has 0 bridgehead atoms. The SMILES string of the molecule is CC(C)C(=O)N1CC=C(c2ccc3c(n2)Oc2ccccc2[C@@H]3C(C)(C)C(=O)Nc2nncs2)CC1. The van der Waals surface area contributed by atoms with E-state index in [4.69, 9.17) is 9.72 Å². The van der Waals surface area contributed by atoms with E-state index in [2.05, 4.69) is 21.6 Å². The van der Waals surface area contributed by atoms with Crippen LogP contribution in [0.5, 0.6) is 11.6 Å². The van der Waals surface area contributed by atoms with Gasteiger partial charge in [-0.1, -0.05) is 69.4 Å². The van der Waals surface area contributed by atoms with E-state index < -0.39 is 5.41 Å². The van der Waals surface area contributed by atoms with Gasteiger partial charge in [0.05, 0.1) is 11.1 Å². The molecule has 3 aromatic rings. The van der Waals surface area contributed by atoms with Crippen LogP contribution in [-0.4, -0.2) is 45.0 Å². The topological polar surface area (TPSA) is 97.3 Å². The smallest absolute Gasteiger partial charge is 0.232 e. The molecule has 0 aliphatic carbocycles. The Labute approximate surface area is 214 Å². The van der Waals surface area contributed by atoms with Crippen LogP contribution >= 0.6 is 11.3 Å². The lowest BCUT2D eigenvalue weighted by molar-refractivity contribution is -0.134. The Bertz CT molecular complexity index is 1330. The standard InChI is InChI=1S/C27H29N5O3S/c1-16(2)24(33)32-13-11-17(12-14-32)20-10-9-19-22(18-7-5-6-8-21(18)35-23(19)29-20)27(3,4)25(34)30-26-31-28-15-36-26/h5-11,15-16,22H,12-14H2,1-4H3,(H,30,31,34)/t22-/m0/s1. The van der Waals surface area contributed by atoms with Crippen LogP contribution in [0.1, 0.15) is 56.9 Å². The van der Waals surface area contributed by atoms with Crippen molar-refractivity contribution in [3.63, 3.8) is 0 Å². The minimum Gasteiger partial charge on any atom is -0.438 e. The number of anilines is 1. The molecule has 8 nitrogen and oxygen atoms in total. The summed E-state index contributed by atoms with van der Waals surface area (Å²) in [5.41, 5.74) is 4.49. The second kappa shape index (κ2) is 9.46. The van der Waals surface area contributed by atoms with E-state index in [-0.39, 0.29) is 23.7 Å². The normalized spacial score (nSPS) is 17.1. The Kier molecular flexibility index (Phi) is 6.34. The van der Waals surface area contributed by atoms with Gasteiger partial charge in [0.2, 0.25) is 22.8 Å². The largest absolute Gasteiger partial charge is 0.438 e.